The number of nitrogens with zero attached hydrogens (tertiary/aromatic N) is 1. The molecule has 0 radical (unpaired) electrons. The van der Waals surface area contributed by atoms with Gasteiger partial charge in [0.25, 0.3) is 11.8 Å². The summed E-state index contributed by atoms with van der Waals surface area (Å²) in [6.07, 6.45) is 0. The van der Waals surface area contributed by atoms with Crippen LogP contribution in [0.2, 0.25) is 5.02 Å². The van der Waals surface area contributed by atoms with Gasteiger partial charge >= 0.3 is 0 Å². The van der Waals surface area contributed by atoms with E-state index < -0.39 is 5.91 Å². The van der Waals surface area contributed by atoms with E-state index in [0.29, 0.717) is 21.8 Å². The normalized spacial score (nSPS) is 13.9. The molecule has 162 valence electrons. The van der Waals surface area contributed by atoms with Crippen LogP contribution >= 0.6 is 11.6 Å². The molecule has 0 aromatic heterocycles. The van der Waals surface area contributed by atoms with E-state index in [0.717, 1.165) is 33.5 Å². The van der Waals surface area contributed by atoms with Crippen molar-refractivity contribution in [2.24, 2.45) is 0 Å². The molecule has 0 fully saturated rings. The Balaban J connectivity index is 1.88. The van der Waals surface area contributed by atoms with Crippen LogP contribution in [0, 0.1) is 34.6 Å². The van der Waals surface area contributed by atoms with E-state index in [1.165, 1.54) is 4.90 Å². The van der Waals surface area contributed by atoms with Gasteiger partial charge in [0.15, 0.2) is 0 Å². The number of carbonyl (C=O) groups excluding carboxylic acids is 2. The molecule has 0 atom stereocenters. The minimum atomic E-state index is -0.399. The topological polar surface area (TPSA) is 49.4 Å². The fraction of sp³-hybridized carbons (Fsp3) is 0.185. The summed E-state index contributed by atoms with van der Waals surface area (Å²) in [7, 11) is 0. The number of rotatable bonds is 4. The van der Waals surface area contributed by atoms with Crippen LogP contribution in [-0.4, -0.2) is 11.8 Å². The Morgan fingerprint density at radius 3 is 2.16 bits per heavy atom. The lowest BCUT2D eigenvalue weighted by Crippen LogP contribution is -2.32. The third kappa shape index (κ3) is 3.71. The van der Waals surface area contributed by atoms with Crippen LogP contribution in [0.1, 0.15) is 33.4 Å². The molecule has 0 unspecified atom stereocenters. The zero-order valence-corrected chi connectivity index (χ0v) is 19.6. The fourth-order valence-corrected chi connectivity index (χ4v) is 3.96. The second kappa shape index (κ2) is 8.29. The van der Waals surface area contributed by atoms with Gasteiger partial charge < -0.3 is 5.32 Å². The van der Waals surface area contributed by atoms with Gasteiger partial charge in [-0.2, -0.15) is 0 Å². The van der Waals surface area contributed by atoms with Crippen molar-refractivity contribution in [3.05, 3.63) is 98.7 Å². The number of amides is 2. The molecule has 3 aromatic rings. The number of benzene rings is 3. The van der Waals surface area contributed by atoms with E-state index >= 15 is 0 Å². The lowest BCUT2D eigenvalue weighted by atomic mass is 9.99. The Morgan fingerprint density at radius 2 is 1.47 bits per heavy atom. The third-order valence-electron chi connectivity index (χ3n) is 6.16. The van der Waals surface area contributed by atoms with Gasteiger partial charge in [0.2, 0.25) is 0 Å². The highest BCUT2D eigenvalue weighted by Crippen LogP contribution is 2.36. The van der Waals surface area contributed by atoms with Crippen molar-refractivity contribution in [3.8, 4) is 0 Å². The van der Waals surface area contributed by atoms with E-state index in [4.69, 9.17) is 11.6 Å². The fourth-order valence-electron chi connectivity index (χ4n) is 3.79. The number of hydrogen-bond donors (Lipinski definition) is 1. The molecular weight excluding hydrogens is 420 g/mol. The van der Waals surface area contributed by atoms with E-state index in [-0.39, 0.29) is 11.6 Å². The predicted molar refractivity (Wildman–Crippen MR) is 131 cm³/mol. The third-order valence-corrected chi connectivity index (χ3v) is 6.56. The van der Waals surface area contributed by atoms with Crippen LogP contribution in [0.15, 0.2) is 60.3 Å². The van der Waals surface area contributed by atoms with E-state index in [9.17, 15) is 9.59 Å². The molecule has 1 aliphatic heterocycles. The maximum absolute atomic E-state index is 13.6. The highest BCUT2D eigenvalue weighted by Gasteiger charge is 2.40. The zero-order valence-electron chi connectivity index (χ0n) is 18.8. The summed E-state index contributed by atoms with van der Waals surface area (Å²) in [5, 5.41) is 3.78. The molecule has 0 saturated carbocycles. The summed E-state index contributed by atoms with van der Waals surface area (Å²) in [6, 6.07) is 16.9. The molecule has 4 rings (SSSR count). The highest BCUT2D eigenvalue weighted by molar-refractivity contribution is 6.46. The molecular formula is C27H25ClN2O2. The van der Waals surface area contributed by atoms with Crippen LogP contribution in [0.3, 0.4) is 0 Å². The molecule has 4 nitrogen and oxygen atoms in total. The Bertz CT molecular complexity index is 1310. The van der Waals surface area contributed by atoms with Gasteiger partial charge in [-0.1, -0.05) is 48.0 Å². The number of halogens is 1. The molecule has 5 heteroatoms. The van der Waals surface area contributed by atoms with Gasteiger partial charge in [-0.05, 0) is 86.2 Å². The number of nitrogens with one attached hydrogen (secondary N) is 1. The second-order valence-corrected chi connectivity index (χ2v) is 8.71. The lowest BCUT2D eigenvalue weighted by molar-refractivity contribution is -0.120. The maximum atomic E-state index is 13.6. The summed E-state index contributed by atoms with van der Waals surface area (Å²) in [5.41, 5.74) is 7.76. The monoisotopic (exact) mass is 444 g/mol. The number of imide groups is 1. The quantitative estimate of drug-likeness (QED) is 0.482. The lowest BCUT2D eigenvalue weighted by Gasteiger charge is -2.17. The molecule has 3 aromatic carbocycles. The van der Waals surface area contributed by atoms with E-state index in [2.05, 4.69) is 5.32 Å². The van der Waals surface area contributed by atoms with Crippen molar-refractivity contribution in [2.75, 3.05) is 10.2 Å². The molecule has 1 aliphatic rings. The van der Waals surface area contributed by atoms with Gasteiger partial charge in [-0.15, -0.1) is 0 Å². The Labute approximate surface area is 193 Å². The Hall–Kier alpha value is -3.37. The first-order valence-electron chi connectivity index (χ1n) is 10.5. The zero-order chi connectivity index (χ0) is 23.2. The van der Waals surface area contributed by atoms with Gasteiger partial charge in [0.05, 0.1) is 11.3 Å². The first kappa shape index (κ1) is 21.8. The molecule has 0 bridgehead atoms. The molecule has 0 saturated heterocycles. The summed E-state index contributed by atoms with van der Waals surface area (Å²) in [4.78, 5) is 28.4. The van der Waals surface area contributed by atoms with Gasteiger partial charge in [0, 0.05) is 10.7 Å². The summed E-state index contributed by atoms with van der Waals surface area (Å²) < 4.78 is 0. The van der Waals surface area contributed by atoms with Crippen LogP contribution in [-0.2, 0) is 9.59 Å². The number of anilines is 2. The van der Waals surface area contributed by atoms with Crippen LogP contribution in [0.5, 0.6) is 0 Å². The Morgan fingerprint density at radius 1 is 0.750 bits per heavy atom. The van der Waals surface area contributed by atoms with E-state index in [1.807, 2.05) is 77.1 Å². The van der Waals surface area contributed by atoms with Crippen molar-refractivity contribution in [2.45, 2.75) is 34.6 Å². The number of carbonyl (C=O) groups is 2. The SMILES string of the molecule is Cc1ccc(C2=C(Nc3cccc(C)c3C)C(=O)N(c3ccc(C)c(Cl)c3)C2=O)cc1C. The summed E-state index contributed by atoms with van der Waals surface area (Å²) >= 11 is 6.31. The highest BCUT2D eigenvalue weighted by atomic mass is 35.5. The average molecular weight is 445 g/mol. The van der Waals surface area contributed by atoms with Crippen molar-refractivity contribution in [1.29, 1.82) is 0 Å². The van der Waals surface area contributed by atoms with Gasteiger partial charge in [0.1, 0.15) is 5.70 Å². The Kier molecular flexibility index (Phi) is 5.66. The first-order valence-corrected chi connectivity index (χ1v) is 10.9. The molecule has 1 N–H and O–H groups in total. The predicted octanol–water partition coefficient (Wildman–Crippen LogP) is 6.28. The average Bonchev–Trinajstić information content (AvgIpc) is 2.99. The first-order chi connectivity index (χ1) is 15.2. The van der Waals surface area contributed by atoms with Crippen molar-refractivity contribution >= 4 is 40.4 Å². The van der Waals surface area contributed by atoms with Crippen LogP contribution in [0.25, 0.3) is 5.57 Å². The number of aryl methyl sites for hydroxylation is 4. The summed E-state index contributed by atoms with van der Waals surface area (Å²) in [5.74, 6) is -0.768. The largest absolute Gasteiger partial charge is 0.350 e. The maximum Gasteiger partial charge on any atom is 0.282 e. The summed E-state index contributed by atoms with van der Waals surface area (Å²) in [6.45, 7) is 9.90. The standard InChI is InChI=1S/C27H25ClN2O2/c1-15-9-11-20(13-18(15)4)24-25(29-23-8-6-7-16(2)19(23)5)27(32)30(26(24)31)21-12-10-17(3)22(28)14-21/h6-14,29H,1-5H3. The van der Waals surface area contributed by atoms with Crippen molar-refractivity contribution in [3.63, 3.8) is 0 Å². The van der Waals surface area contributed by atoms with Gasteiger partial charge in [-0.3, -0.25) is 9.59 Å². The van der Waals surface area contributed by atoms with Crippen LogP contribution < -0.4 is 10.2 Å². The second-order valence-electron chi connectivity index (χ2n) is 8.30. The van der Waals surface area contributed by atoms with Crippen LogP contribution in [0.4, 0.5) is 11.4 Å². The smallest absolute Gasteiger partial charge is 0.282 e. The van der Waals surface area contributed by atoms with E-state index in [1.54, 1.807) is 12.1 Å². The molecule has 1 heterocycles. The van der Waals surface area contributed by atoms with Crippen molar-refractivity contribution < 1.29 is 9.59 Å². The minimum Gasteiger partial charge on any atom is -0.350 e. The number of hydrogen-bond acceptors (Lipinski definition) is 3. The molecule has 32 heavy (non-hydrogen) atoms. The molecule has 0 spiro atoms. The van der Waals surface area contributed by atoms with Crippen molar-refractivity contribution in [1.82, 2.24) is 0 Å². The minimum absolute atomic E-state index is 0.267. The van der Waals surface area contributed by atoms with Gasteiger partial charge in [-0.25, -0.2) is 4.90 Å². The molecule has 2 amide bonds. The molecule has 0 aliphatic carbocycles.